The summed E-state index contributed by atoms with van der Waals surface area (Å²) in [6.45, 7) is 4.36. The molecular formula is C53H39N3. The molecule has 0 atom stereocenters. The Kier molecular flexibility index (Phi) is 9.41. The van der Waals surface area contributed by atoms with E-state index in [4.69, 9.17) is 9.98 Å². The molecule has 0 aliphatic heterocycles. The van der Waals surface area contributed by atoms with Crippen LogP contribution in [0.25, 0.3) is 33.4 Å². The molecule has 0 spiro atoms. The number of nitrogens with zero attached hydrogens (tertiary/aromatic N) is 3. The smallest absolute Gasteiger partial charge is 0.161 e. The van der Waals surface area contributed by atoms with Gasteiger partial charge in [-0.3, -0.25) is 4.99 Å². The molecule has 0 N–H and O–H groups in total. The highest BCUT2D eigenvalue weighted by Gasteiger charge is 2.46. The molecule has 8 aromatic carbocycles. The first kappa shape index (κ1) is 34.5. The minimum Gasteiger partial charge on any atom is -0.261 e. The van der Waals surface area contributed by atoms with E-state index < -0.39 is 5.41 Å². The summed E-state index contributed by atoms with van der Waals surface area (Å²) in [5.74, 6) is 1.13. The summed E-state index contributed by atoms with van der Waals surface area (Å²) in [5, 5.41) is 0. The van der Waals surface area contributed by atoms with Crippen molar-refractivity contribution in [1.29, 1.82) is 0 Å². The second-order valence-corrected chi connectivity index (χ2v) is 14.0. The van der Waals surface area contributed by atoms with Gasteiger partial charge in [0.25, 0.3) is 0 Å². The zero-order chi connectivity index (χ0) is 37.7. The summed E-state index contributed by atoms with van der Waals surface area (Å²) in [6, 6.07) is 75.3. The maximum absolute atomic E-state index is 5.07. The Labute approximate surface area is 328 Å². The van der Waals surface area contributed by atoms with Gasteiger partial charge in [-0.1, -0.05) is 194 Å². The molecule has 0 saturated carbocycles. The second kappa shape index (κ2) is 15.3. The van der Waals surface area contributed by atoms with Crippen LogP contribution in [0.1, 0.15) is 38.9 Å². The van der Waals surface area contributed by atoms with Crippen molar-refractivity contribution in [2.75, 3.05) is 0 Å². The van der Waals surface area contributed by atoms with Crippen molar-refractivity contribution in [3.8, 4) is 33.4 Å². The van der Waals surface area contributed by atoms with Gasteiger partial charge in [-0.2, -0.15) is 0 Å². The molecule has 0 radical (unpaired) electrons. The highest BCUT2D eigenvalue weighted by molar-refractivity contribution is 6.13. The molecule has 0 heterocycles. The van der Waals surface area contributed by atoms with Crippen molar-refractivity contribution >= 4 is 18.4 Å². The van der Waals surface area contributed by atoms with Crippen molar-refractivity contribution < 1.29 is 0 Å². The van der Waals surface area contributed by atoms with E-state index in [0.29, 0.717) is 18.2 Å². The lowest BCUT2D eigenvalue weighted by molar-refractivity contribution is 0.769. The van der Waals surface area contributed by atoms with Gasteiger partial charge in [0.1, 0.15) is 0 Å². The molecule has 0 saturated heterocycles. The lowest BCUT2D eigenvalue weighted by atomic mass is 9.67. The highest BCUT2D eigenvalue weighted by Crippen LogP contribution is 2.57. The van der Waals surface area contributed by atoms with Gasteiger partial charge in [0.05, 0.1) is 12.0 Å². The molecular weight excluding hydrogens is 679 g/mol. The molecule has 0 unspecified atom stereocenters. The normalized spacial score (nSPS) is 13.1. The van der Waals surface area contributed by atoms with Crippen molar-refractivity contribution in [2.24, 2.45) is 15.0 Å². The number of hydrogen-bond donors (Lipinski definition) is 0. The molecule has 56 heavy (non-hydrogen) atoms. The van der Waals surface area contributed by atoms with E-state index in [0.717, 1.165) is 27.8 Å². The fourth-order valence-electron chi connectivity index (χ4n) is 8.14. The summed E-state index contributed by atoms with van der Waals surface area (Å²) in [5.41, 5.74) is 14.5. The van der Waals surface area contributed by atoms with Crippen LogP contribution < -0.4 is 0 Å². The fourth-order valence-corrected chi connectivity index (χ4v) is 8.14. The first-order valence-electron chi connectivity index (χ1n) is 19.0. The number of amidine groups is 2. The number of hydrogen-bond acceptors (Lipinski definition) is 1. The fraction of sp³-hybridized carbons (Fsp3) is 0.0377. The van der Waals surface area contributed by atoms with E-state index in [-0.39, 0.29) is 0 Å². The van der Waals surface area contributed by atoms with Crippen LogP contribution in [-0.4, -0.2) is 18.4 Å². The number of fused-ring (bicyclic) bond motifs is 3. The molecule has 3 heteroatoms. The van der Waals surface area contributed by atoms with Crippen LogP contribution in [0.3, 0.4) is 0 Å². The number of aliphatic imine (C=N–C) groups is 3. The summed E-state index contributed by atoms with van der Waals surface area (Å²) in [7, 11) is 0. The summed E-state index contributed by atoms with van der Waals surface area (Å²) < 4.78 is 0. The van der Waals surface area contributed by atoms with Crippen LogP contribution in [0.4, 0.5) is 0 Å². The summed E-state index contributed by atoms with van der Waals surface area (Å²) in [6.07, 6.45) is 0. The Morgan fingerprint density at radius 3 is 1.45 bits per heavy atom. The van der Waals surface area contributed by atoms with E-state index in [2.05, 4.69) is 176 Å². The molecule has 0 bridgehead atoms. The third kappa shape index (κ3) is 6.40. The van der Waals surface area contributed by atoms with E-state index in [9.17, 15) is 0 Å². The predicted molar refractivity (Wildman–Crippen MR) is 234 cm³/mol. The van der Waals surface area contributed by atoms with E-state index >= 15 is 0 Å². The minimum absolute atomic E-state index is 0.488. The van der Waals surface area contributed by atoms with E-state index in [1.165, 1.54) is 44.5 Å². The summed E-state index contributed by atoms with van der Waals surface area (Å²) in [4.78, 5) is 14.5. The van der Waals surface area contributed by atoms with Crippen molar-refractivity contribution in [2.45, 2.75) is 12.0 Å². The van der Waals surface area contributed by atoms with Crippen LogP contribution >= 0.6 is 0 Å². The molecule has 1 aliphatic carbocycles. The first-order valence-corrected chi connectivity index (χ1v) is 19.0. The van der Waals surface area contributed by atoms with Gasteiger partial charge < -0.3 is 0 Å². The van der Waals surface area contributed by atoms with E-state index in [1.807, 2.05) is 48.5 Å². The monoisotopic (exact) mass is 717 g/mol. The standard InChI is InChI=1S/C53H39N3/c1-54-51(40-22-11-4-12-23-40)56-52(55-37-38-18-7-2-8-19-38)44-25-17-24-41(34-44)43-31-33-48-47-32-30-42(39-20-9-3-10-21-39)35-49(47)53(50(48)36-43,45-26-13-5-14-27-45)46-28-15-6-16-29-46/h2-36H,1,37H2/b55-52-,56-51-. The van der Waals surface area contributed by atoms with Gasteiger partial charge in [-0.05, 0) is 86.1 Å². The largest absolute Gasteiger partial charge is 0.261 e. The third-order valence-electron chi connectivity index (χ3n) is 10.8. The van der Waals surface area contributed by atoms with Crippen LogP contribution in [0.5, 0.6) is 0 Å². The Bertz CT molecular complexity index is 2660. The lowest BCUT2D eigenvalue weighted by Crippen LogP contribution is -2.28. The van der Waals surface area contributed by atoms with Gasteiger partial charge in [-0.15, -0.1) is 0 Å². The second-order valence-electron chi connectivity index (χ2n) is 14.0. The third-order valence-corrected chi connectivity index (χ3v) is 10.8. The summed E-state index contributed by atoms with van der Waals surface area (Å²) >= 11 is 0. The minimum atomic E-state index is -0.543. The Morgan fingerprint density at radius 1 is 0.411 bits per heavy atom. The molecule has 0 amide bonds. The molecule has 1 aliphatic rings. The van der Waals surface area contributed by atoms with Crippen molar-refractivity contribution in [3.05, 3.63) is 251 Å². The lowest BCUT2D eigenvalue weighted by Gasteiger charge is -2.34. The highest BCUT2D eigenvalue weighted by atomic mass is 15.0. The molecule has 9 rings (SSSR count). The Morgan fingerprint density at radius 2 is 0.875 bits per heavy atom. The van der Waals surface area contributed by atoms with Crippen LogP contribution in [0.15, 0.2) is 227 Å². The van der Waals surface area contributed by atoms with Gasteiger partial charge in [0, 0.05) is 11.1 Å². The Balaban J connectivity index is 1.22. The van der Waals surface area contributed by atoms with Crippen LogP contribution in [0, 0.1) is 0 Å². The SMILES string of the molecule is C=N/C(=N\C(=N/Cc1ccccc1)c1cccc(-c2ccc3c(c2)C(c2ccccc2)(c2ccccc2)c2cc(-c4ccccc4)ccc2-3)c1)c1ccccc1. The number of rotatable bonds is 8. The molecule has 266 valence electrons. The first-order chi connectivity index (χ1) is 27.7. The predicted octanol–water partition coefficient (Wildman–Crippen LogP) is 12.5. The molecule has 3 nitrogen and oxygen atoms in total. The van der Waals surface area contributed by atoms with Crippen molar-refractivity contribution in [3.63, 3.8) is 0 Å². The molecule has 8 aromatic rings. The Hall–Kier alpha value is -7.23. The van der Waals surface area contributed by atoms with Crippen LogP contribution in [0.2, 0.25) is 0 Å². The molecule has 0 fully saturated rings. The maximum Gasteiger partial charge on any atom is 0.161 e. The zero-order valence-electron chi connectivity index (χ0n) is 31.0. The quantitative estimate of drug-likeness (QED) is 0.111. The van der Waals surface area contributed by atoms with E-state index in [1.54, 1.807) is 0 Å². The van der Waals surface area contributed by atoms with Crippen LogP contribution in [-0.2, 0) is 12.0 Å². The number of benzene rings is 8. The van der Waals surface area contributed by atoms with Gasteiger partial charge >= 0.3 is 0 Å². The maximum atomic E-state index is 5.07. The average molecular weight is 718 g/mol. The molecule has 0 aromatic heterocycles. The topological polar surface area (TPSA) is 37.1 Å². The van der Waals surface area contributed by atoms with Gasteiger partial charge in [0.2, 0.25) is 0 Å². The average Bonchev–Trinajstić information content (AvgIpc) is 3.58. The van der Waals surface area contributed by atoms with Gasteiger partial charge in [0.15, 0.2) is 11.7 Å². The van der Waals surface area contributed by atoms with Gasteiger partial charge in [-0.25, -0.2) is 9.98 Å². The van der Waals surface area contributed by atoms with Crippen molar-refractivity contribution in [1.82, 2.24) is 0 Å². The zero-order valence-corrected chi connectivity index (χ0v) is 31.0.